The van der Waals surface area contributed by atoms with Crippen LogP contribution in [0, 0.1) is 12.8 Å². The van der Waals surface area contributed by atoms with Crippen LogP contribution < -0.4 is 5.32 Å². The molecule has 168 valence electrons. The number of carbonyl (C=O) groups is 2. The number of hydrogen-bond donors (Lipinski definition) is 2. The van der Waals surface area contributed by atoms with Crippen LogP contribution in [0.4, 0.5) is 5.69 Å². The third-order valence-corrected chi connectivity index (χ3v) is 6.16. The molecule has 0 aliphatic heterocycles. The van der Waals surface area contributed by atoms with Crippen LogP contribution in [0.15, 0.2) is 36.5 Å². The summed E-state index contributed by atoms with van der Waals surface area (Å²) in [6.07, 6.45) is 6.97. The molecule has 8 nitrogen and oxygen atoms in total. The van der Waals surface area contributed by atoms with E-state index in [0.29, 0.717) is 17.1 Å². The molecule has 0 unspecified atom stereocenters. The van der Waals surface area contributed by atoms with Gasteiger partial charge in [0, 0.05) is 23.9 Å². The molecular weight excluding hydrogens is 408 g/mol. The first-order valence-corrected chi connectivity index (χ1v) is 11.0. The largest absolute Gasteiger partial charge is 0.465 e. The number of ether oxygens (including phenoxy) is 1. The van der Waals surface area contributed by atoms with Crippen LogP contribution in [0.2, 0.25) is 0 Å². The van der Waals surface area contributed by atoms with Crippen LogP contribution in [-0.4, -0.2) is 45.5 Å². The van der Waals surface area contributed by atoms with E-state index in [1.54, 1.807) is 24.3 Å². The number of hydrogen-bond acceptors (Lipinski definition) is 6. The minimum atomic E-state index is -0.543. The van der Waals surface area contributed by atoms with E-state index in [0.717, 1.165) is 43.2 Å². The lowest BCUT2D eigenvalue weighted by Crippen LogP contribution is -2.19. The van der Waals surface area contributed by atoms with Gasteiger partial charge < -0.3 is 15.2 Å². The van der Waals surface area contributed by atoms with Gasteiger partial charge >= 0.3 is 5.97 Å². The number of aryl methyl sites for hydroxylation is 1. The molecule has 1 saturated carbocycles. The van der Waals surface area contributed by atoms with Gasteiger partial charge in [-0.05, 0) is 69.2 Å². The molecule has 2 heterocycles. The van der Waals surface area contributed by atoms with Gasteiger partial charge in [0.15, 0.2) is 0 Å². The number of aromatic nitrogens is 3. The predicted molar refractivity (Wildman–Crippen MR) is 121 cm³/mol. The molecule has 2 N–H and O–H groups in total. The molecule has 1 amide bonds. The Labute approximate surface area is 186 Å². The monoisotopic (exact) mass is 436 g/mol. The van der Waals surface area contributed by atoms with Gasteiger partial charge in [0.25, 0.3) is 5.91 Å². The number of amides is 1. The van der Waals surface area contributed by atoms with Gasteiger partial charge in [-0.1, -0.05) is 6.07 Å². The van der Waals surface area contributed by atoms with Crippen LogP contribution in [-0.2, 0) is 4.74 Å². The second-order valence-corrected chi connectivity index (χ2v) is 8.36. The van der Waals surface area contributed by atoms with Gasteiger partial charge in [-0.25, -0.2) is 9.78 Å². The van der Waals surface area contributed by atoms with Gasteiger partial charge in [0.2, 0.25) is 0 Å². The first-order chi connectivity index (χ1) is 15.5. The number of anilines is 1. The molecular formula is C24H28N4O4. The highest BCUT2D eigenvalue weighted by Crippen LogP contribution is 2.34. The Morgan fingerprint density at radius 2 is 2.00 bits per heavy atom. The number of esters is 1. The Kier molecular flexibility index (Phi) is 6.50. The van der Waals surface area contributed by atoms with Crippen molar-refractivity contribution in [2.45, 2.75) is 45.1 Å². The van der Waals surface area contributed by atoms with Crippen molar-refractivity contribution in [2.75, 3.05) is 19.0 Å². The molecule has 0 bridgehead atoms. The molecule has 32 heavy (non-hydrogen) atoms. The molecule has 1 aliphatic carbocycles. The number of aliphatic hydroxyl groups excluding tert-OH is 1. The maximum atomic E-state index is 12.7. The molecule has 0 spiro atoms. The van der Waals surface area contributed by atoms with Crippen molar-refractivity contribution in [3.8, 4) is 0 Å². The summed E-state index contributed by atoms with van der Waals surface area (Å²) in [6.45, 7) is 2.05. The Morgan fingerprint density at radius 3 is 2.69 bits per heavy atom. The van der Waals surface area contributed by atoms with Crippen molar-refractivity contribution < 1.29 is 19.4 Å². The highest BCUT2D eigenvalue weighted by molar-refractivity contribution is 6.09. The number of nitrogens with one attached hydrogen (secondary N) is 1. The minimum absolute atomic E-state index is 0.240. The van der Waals surface area contributed by atoms with E-state index in [1.807, 2.05) is 23.9 Å². The number of rotatable bonds is 6. The van der Waals surface area contributed by atoms with Crippen molar-refractivity contribution in [2.24, 2.45) is 5.92 Å². The van der Waals surface area contributed by atoms with E-state index < -0.39 is 11.9 Å². The van der Waals surface area contributed by atoms with Crippen LogP contribution >= 0.6 is 0 Å². The van der Waals surface area contributed by atoms with Crippen LogP contribution in [0.25, 0.3) is 10.9 Å². The summed E-state index contributed by atoms with van der Waals surface area (Å²) < 4.78 is 6.90. The molecule has 8 heteroatoms. The Bertz CT molecular complexity index is 1130. The summed E-state index contributed by atoms with van der Waals surface area (Å²) in [7, 11) is 1.31. The quantitative estimate of drug-likeness (QED) is 0.568. The number of nitrogens with zero attached hydrogens (tertiary/aromatic N) is 3. The standard InChI is InChI=1S/C24H28N4O4/c1-15-4-3-5-20(25-15)23(30)26-22-12-17-14-28(18-8-6-16(7-9-18)10-11-29)27-21(17)13-19(22)24(31)32-2/h3-5,12-14,16,18,29H,6-11H2,1-2H3,(H,26,30)/t16-,18-. The number of fused-ring (bicyclic) bond motifs is 1. The molecule has 1 fully saturated rings. The Balaban J connectivity index is 1.62. The van der Waals surface area contributed by atoms with E-state index in [2.05, 4.69) is 10.3 Å². The average Bonchev–Trinajstić information content (AvgIpc) is 3.21. The maximum absolute atomic E-state index is 12.7. The molecule has 1 aromatic carbocycles. The highest BCUT2D eigenvalue weighted by atomic mass is 16.5. The molecule has 0 atom stereocenters. The van der Waals surface area contributed by atoms with Crippen LogP contribution in [0.5, 0.6) is 0 Å². The molecule has 0 saturated heterocycles. The predicted octanol–water partition coefficient (Wildman–Crippen LogP) is 3.89. The summed E-state index contributed by atoms with van der Waals surface area (Å²) in [5.41, 5.74) is 2.30. The Morgan fingerprint density at radius 1 is 1.22 bits per heavy atom. The number of pyridine rings is 1. The highest BCUT2D eigenvalue weighted by Gasteiger charge is 2.24. The number of carbonyl (C=O) groups excluding carboxylic acids is 2. The van der Waals surface area contributed by atoms with E-state index in [4.69, 9.17) is 9.84 Å². The Hall–Kier alpha value is -3.26. The van der Waals surface area contributed by atoms with Crippen molar-refractivity contribution in [3.05, 3.63) is 53.5 Å². The maximum Gasteiger partial charge on any atom is 0.340 e. The molecule has 1 aliphatic rings. The summed E-state index contributed by atoms with van der Waals surface area (Å²) in [5.74, 6) is -0.365. The van der Waals surface area contributed by atoms with Crippen molar-refractivity contribution in [1.29, 1.82) is 0 Å². The molecule has 3 aromatic rings. The van der Waals surface area contributed by atoms with Gasteiger partial charge in [-0.15, -0.1) is 0 Å². The van der Waals surface area contributed by atoms with Gasteiger partial charge in [-0.2, -0.15) is 5.10 Å². The SMILES string of the molecule is COC(=O)c1cc2nn([C@H]3CC[C@H](CCO)CC3)cc2cc1NC(=O)c1cccc(C)n1. The smallest absolute Gasteiger partial charge is 0.340 e. The number of benzene rings is 1. The molecule has 4 rings (SSSR count). The van der Waals surface area contributed by atoms with E-state index in [1.165, 1.54) is 7.11 Å². The van der Waals surface area contributed by atoms with E-state index in [-0.39, 0.29) is 23.9 Å². The van der Waals surface area contributed by atoms with Crippen LogP contribution in [0.3, 0.4) is 0 Å². The zero-order chi connectivity index (χ0) is 22.7. The third-order valence-electron chi connectivity index (χ3n) is 6.16. The zero-order valence-corrected chi connectivity index (χ0v) is 18.4. The minimum Gasteiger partial charge on any atom is -0.465 e. The fourth-order valence-corrected chi connectivity index (χ4v) is 4.40. The first-order valence-electron chi connectivity index (χ1n) is 11.0. The fourth-order valence-electron chi connectivity index (χ4n) is 4.40. The van der Waals surface area contributed by atoms with Gasteiger partial charge in [-0.3, -0.25) is 9.48 Å². The summed E-state index contributed by atoms with van der Waals surface area (Å²) in [6, 6.07) is 8.91. The van der Waals surface area contributed by atoms with E-state index >= 15 is 0 Å². The molecule has 2 aromatic heterocycles. The zero-order valence-electron chi connectivity index (χ0n) is 18.4. The summed E-state index contributed by atoms with van der Waals surface area (Å²) in [5, 5.41) is 17.5. The number of methoxy groups -OCH3 is 1. The third kappa shape index (κ3) is 4.65. The normalized spacial score (nSPS) is 18.5. The van der Waals surface area contributed by atoms with Crippen LogP contribution in [0.1, 0.15) is 64.7 Å². The first kappa shape index (κ1) is 22.0. The average molecular weight is 437 g/mol. The second kappa shape index (κ2) is 9.48. The molecule has 0 radical (unpaired) electrons. The van der Waals surface area contributed by atoms with Gasteiger partial charge in [0.1, 0.15) is 5.69 Å². The van der Waals surface area contributed by atoms with Crippen molar-refractivity contribution in [3.63, 3.8) is 0 Å². The van der Waals surface area contributed by atoms with E-state index in [9.17, 15) is 14.7 Å². The lowest BCUT2D eigenvalue weighted by atomic mass is 9.84. The second-order valence-electron chi connectivity index (χ2n) is 8.36. The lowest BCUT2D eigenvalue weighted by Gasteiger charge is -2.28. The fraction of sp³-hybridized carbons (Fsp3) is 0.417. The topological polar surface area (TPSA) is 106 Å². The van der Waals surface area contributed by atoms with Crippen molar-refractivity contribution >= 4 is 28.5 Å². The summed E-state index contributed by atoms with van der Waals surface area (Å²) >= 11 is 0. The summed E-state index contributed by atoms with van der Waals surface area (Å²) in [4.78, 5) is 29.4. The van der Waals surface area contributed by atoms with Gasteiger partial charge in [0.05, 0.1) is 29.9 Å². The number of aliphatic hydroxyl groups is 1. The lowest BCUT2D eigenvalue weighted by molar-refractivity contribution is 0.0602. The van der Waals surface area contributed by atoms with Crippen molar-refractivity contribution in [1.82, 2.24) is 14.8 Å².